The second kappa shape index (κ2) is 11.3. The van der Waals surface area contributed by atoms with Gasteiger partial charge in [-0.15, -0.1) is 0 Å². The van der Waals surface area contributed by atoms with E-state index in [-0.39, 0.29) is 11.1 Å². The van der Waals surface area contributed by atoms with E-state index in [2.05, 4.69) is 51.5 Å². The second-order valence-electron chi connectivity index (χ2n) is 10.9. The Balaban J connectivity index is 1.29. The molecule has 0 aliphatic carbocycles. The Morgan fingerprint density at radius 2 is 1.71 bits per heavy atom. The Morgan fingerprint density at radius 1 is 0.951 bits per heavy atom. The number of benzene rings is 3. The molecule has 0 saturated carbocycles. The van der Waals surface area contributed by atoms with Gasteiger partial charge in [0.2, 0.25) is 5.95 Å². The molecule has 0 spiro atoms. The monoisotopic (exact) mass is 547 g/mol. The van der Waals surface area contributed by atoms with Gasteiger partial charge in [0.25, 0.3) is 5.56 Å². The van der Waals surface area contributed by atoms with Crippen LogP contribution in [0.5, 0.6) is 0 Å². The number of hydrogen-bond donors (Lipinski definition) is 1. The molecule has 1 saturated heterocycles. The zero-order valence-corrected chi connectivity index (χ0v) is 23.7. The third-order valence-corrected chi connectivity index (χ3v) is 8.22. The van der Waals surface area contributed by atoms with Gasteiger partial charge in [0.05, 0.1) is 5.56 Å². The van der Waals surface area contributed by atoms with Gasteiger partial charge < -0.3 is 10.2 Å². The lowest BCUT2D eigenvalue weighted by Crippen LogP contribution is -2.29. The van der Waals surface area contributed by atoms with Gasteiger partial charge in [0.15, 0.2) is 0 Å². The third kappa shape index (κ3) is 5.37. The zero-order chi connectivity index (χ0) is 28.5. The van der Waals surface area contributed by atoms with E-state index < -0.39 is 5.82 Å². The molecular weight excluding hydrogens is 513 g/mol. The number of hydrogen-bond acceptors (Lipinski definition) is 5. The van der Waals surface area contributed by atoms with Crippen LogP contribution in [0.2, 0.25) is 0 Å². The average molecular weight is 548 g/mol. The van der Waals surface area contributed by atoms with Crippen LogP contribution in [0, 0.1) is 12.7 Å². The number of piperidine rings is 1. The van der Waals surface area contributed by atoms with E-state index in [0.717, 1.165) is 35.5 Å². The predicted octanol–water partition coefficient (Wildman–Crippen LogP) is 7.15. The molecule has 3 heterocycles. The summed E-state index contributed by atoms with van der Waals surface area (Å²) < 4.78 is 17.0. The third-order valence-electron chi connectivity index (χ3n) is 8.22. The molecule has 41 heavy (non-hydrogen) atoms. The van der Waals surface area contributed by atoms with Crippen molar-refractivity contribution < 1.29 is 4.39 Å². The van der Waals surface area contributed by atoms with E-state index in [4.69, 9.17) is 0 Å². The van der Waals surface area contributed by atoms with Crippen LogP contribution in [-0.4, -0.2) is 39.6 Å². The molecule has 2 aromatic heterocycles. The van der Waals surface area contributed by atoms with Crippen molar-refractivity contribution in [3.8, 4) is 22.3 Å². The number of anilines is 2. The van der Waals surface area contributed by atoms with Crippen LogP contribution in [-0.2, 0) is 6.54 Å². The summed E-state index contributed by atoms with van der Waals surface area (Å²) in [6, 6.07) is 23.1. The molecule has 0 amide bonds. The number of nitrogens with one attached hydrogen (secondary N) is 1. The van der Waals surface area contributed by atoms with Gasteiger partial charge >= 0.3 is 0 Å². The maximum atomic E-state index is 15.4. The number of rotatable bonds is 6. The number of aromatic nitrogens is 3. The Bertz CT molecular complexity index is 1770. The van der Waals surface area contributed by atoms with Crippen LogP contribution in [0.1, 0.15) is 36.8 Å². The SMILES string of the molecule is CCn1c(=O)c(-c2ccc(-c3ccccc3C)cc2F)cc2cnc(Nc3ccc(C4CCN(C)CC4)cc3)nc21. The lowest BCUT2D eigenvalue weighted by Gasteiger charge is -2.29. The van der Waals surface area contributed by atoms with Gasteiger partial charge in [-0.3, -0.25) is 9.36 Å². The largest absolute Gasteiger partial charge is 0.324 e. The molecule has 1 aliphatic rings. The molecule has 1 N–H and O–H groups in total. The molecule has 1 aliphatic heterocycles. The fourth-order valence-corrected chi connectivity index (χ4v) is 5.81. The number of halogens is 1. The van der Waals surface area contributed by atoms with Crippen molar-refractivity contribution in [2.45, 2.75) is 39.2 Å². The minimum Gasteiger partial charge on any atom is -0.324 e. The van der Waals surface area contributed by atoms with Crippen LogP contribution in [0.4, 0.5) is 16.0 Å². The summed E-state index contributed by atoms with van der Waals surface area (Å²) in [5.74, 6) is 0.564. The Morgan fingerprint density at radius 3 is 2.41 bits per heavy atom. The van der Waals surface area contributed by atoms with E-state index in [1.165, 1.54) is 24.5 Å². The van der Waals surface area contributed by atoms with Crippen LogP contribution < -0.4 is 10.9 Å². The highest BCUT2D eigenvalue weighted by Crippen LogP contribution is 2.31. The van der Waals surface area contributed by atoms with Gasteiger partial charge in [-0.2, -0.15) is 4.98 Å². The second-order valence-corrected chi connectivity index (χ2v) is 10.9. The summed E-state index contributed by atoms with van der Waals surface area (Å²) in [6.07, 6.45) is 4.04. The van der Waals surface area contributed by atoms with E-state index in [0.29, 0.717) is 35.0 Å². The predicted molar refractivity (Wildman–Crippen MR) is 164 cm³/mol. The normalized spacial score (nSPS) is 14.4. The van der Waals surface area contributed by atoms with Crippen molar-refractivity contribution in [3.63, 3.8) is 0 Å². The van der Waals surface area contributed by atoms with Crippen molar-refractivity contribution in [3.05, 3.63) is 106 Å². The number of fused-ring (bicyclic) bond motifs is 1. The molecule has 0 bridgehead atoms. The standard InChI is InChI=1S/C34H34FN5O/c1-4-40-32-26(19-30(33(40)41)29-14-11-25(20-31(29)35)28-8-6-5-7-22(28)2)21-36-34(38-32)37-27-12-9-23(10-13-27)24-15-17-39(3)18-16-24/h5-14,19-21,24H,4,15-18H2,1-3H3,(H,36,37,38). The van der Waals surface area contributed by atoms with Crippen LogP contribution in [0.25, 0.3) is 33.3 Å². The summed E-state index contributed by atoms with van der Waals surface area (Å²) in [7, 11) is 2.17. The fraction of sp³-hybridized carbons (Fsp3) is 0.265. The fourth-order valence-electron chi connectivity index (χ4n) is 5.81. The summed E-state index contributed by atoms with van der Waals surface area (Å²) >= 11 is 0. The molecule has 1 fully saturated rings. The van der Waals surface area contributed by atoms with Crippen LogP contribution in [0.3, 0.4) is 0 Å². The van der Waals surface area contributed by atoms with E-state index >= 15 is 4.39 Å². The van der Waals surface area contributed by atoms with E-state index in [1.54, 1.807) is 22.9 Å². The molecular formula is C34H34FN5O. The smallest absolute Gasteiger partial charge is 0.260 e. The maximum absolute atomic E-state index is 15.4. The molecule has 5 aromatic rings. The number of likely N-dealkylation sites (tertiary alicyclic amines) is 1. The number of nitrogens with zero attached hydrogens (tertiary/aromatic N) is 4. The highest BCUT2D eigenvalue weighted by molar-refractivity contribution is 5.83. The molecule has 0 atom stereocenters. The first-order valence-corrected chi connectivity index (χ1v) is 14.2. The highest BCUT2D eigenvalue weighted by Gasteiger charge is 2.19. The van der Waals surface area contributed by atoms with Gasteiger partial charge in [0.1, 0.15) is 11.5 Å². The number of aryl methyl sites for hydroxylation is 2. The first kappa shape index (κ1) is 26.8. The Hall–Kier alpha value is -4.36. The average Bonchev–Trinajstić information content (AvgIpc) is 2.98. The molecule has 6 rings (SSSR count). The van der Waals surface area contributed by atoms with Gasteiger partial charge in [-0.1, -0.05) is 48.5 Å². The van der Waals surface area contributed by atoms with Crippen molar-refractivity contribution in [1.29, 1.82) is 0 Å². The summed E-state index contributed by atoms with van der Waals surface area (Å²) in [5, 5.41) is 3.95. The van der Waals surface area contributed by atoms with E-state index in [1.807, 2.05) is 44.2 Å². The van der Waals surface area contributed by atoms with Crippen molar-refractivity contribution in [2.24, 2.45) is 0 Å². The summed E-state index contributed by atoms with van der Waals surface area (Å²) in [4.78, 5) is 25.1. The van der Waals surface area contributed by atoms with Gasteiger partial charge in [-0.05, 0) is 99.3 Å². The highest BCUT2D eigenvalue weighted by atomic mass is 19.1. The molecule has 0 radical (unpaired) electrons. The van der Waals surface area contributed by atoms with Crippen molar-refractivity contribution in [2.75, 3.05) is 25.5 Å². The first-order chi connectivity index (χ1) is 19.9. The van der Waals surface area contributed by atoms with Crippen molar-refractivity contribution in [1.82, 2.24) is 19.4 Å². The Labute approximate surface area is 239 Å². The molecule has 3 aromatic carbocycles. The van der Waals surface area contributed by atoms with Crippen LogP contribution >= 0.6 is 0 Å². The molecule has 208 valence electrons. The number of pyridine rings is 1. The Kier molecular flexibility index (Phi) is 7.37. The van der Waals surface area contributed by atoms with Crippen molar-refractivity contribution >= 4 is 22.7 Å². The first-order valence-electron chi connectivity index (χ1n) is 14.2. The minimum absolute atomic E-state index is 0.267. The minimum atomic E-state index is -0.437. The quantitative estimate of drug-likeness (QED) is 0.245. The molecule has 7 heteroatoms. The summed E-state index contributed by atoms with van der Waals surface area (Å²) in [5.41, 5.74) is 5.84. The van der Waals surface area contributed by atoms with Gasteiger partial charge in [0, 0.05) is 29.4 Å². The summed E-state index contributed by atoms with van der Waals surface area (Å²) in [6.45, 7) is 6.54. The maximum Gasteiger partial charge on any atom is 0.260 e. The van der Waals surface area contributed by atoms with Crippen LogP contribution in [0.15, 0.2) is 83.8 Å². The van der Waals surface area contributed by atoms with E-state index in [9.17, 15) is 4.79 Å². The lowest BCUT2D eigenvalue weighted by molar-refractivity contribution is 0.255. The molecule has 6 nitrogen and oxygen atoms in total. The van der Waals surface area contributed by atoms with Gasteiger partial charge in [-0.25, -0.2) is 9.37 Å². The molecule has 0 unspecified atom stereocenters. The topological polar surface area (TPSA) is 63.1 Å². The lowest BCUT2D eigenvalue weighted by atomic mass is 9.89. The zero-order valence-electron chi connectivity index (χ0n) is 23.7.